The number of pyridine rings is 2. The zero-order chi connectivity index (χ0) is 12.3. The summed E-state index contributed by atoms with van der Waals surface area (Å²) in [5.74, 6) is 0. The van der Waals surface area contributed by atoms with Gasteiger partial charge >= 0.3 is 0 Å². The first-order chi connectivity index (χ1) is 8.16. The molecule has 0 aromatic carbocycles. The molecule has 0 bridgehead atoms. The third-order valence-electron chi connectivity index (χ3n) is 2.91. The standard InChI is InChI=1S/C14H16N2O/c1-3-14(17,12-8-4-5-10-15-12)13-9-6-7-11(2)16-13/h4-10,17H,3H2,1-2H3. The zero-order valence-electron chi connectivity index (χ0n) is 10.1. The van der Waals surface area contributed by atoms with Crippen LogP contribution >= 0.6 is 0 Å². The van der Waals surface area contributed by atoms with Gasteiger partial charge in [0.15, 0.2) is 0 Å². The van der Waals surface area contributed by atoms with Crippen molar-refractivity contribution in [2.24, 2.45) is 0 Å². The summed E-state index contributed by atoms with van der Waals surface area (Å²) in [6.45, 7) is 3.84. The maximum atomic E-state index is 10.8. The number of aromatic nitrogens is 2. The van der Waals surface area contributed by atoms with E-state index in [0.717, 1.165) is 5.69 Å². The highest BCUT2D eigenvalue weighted by molar-refractivity contribution is 5.27. The minimum absolute atomic E-state index is 0.542. The molecule has 0 fully saturated rings. The van der Waals surface area contributed by atoms with Crippen molar-refractivity contribution in [3.8, 4) is 0 Å². The van der Waals surface area contributed by atoms with Gasteiger partial charge < -0.3 is 5.11 Å². The van der Waals surface area contributed by atoms with E-state index in [9.17, 15) is 5.11 Å². The van der Waals surface area contributed by atoms with Crippen LogP contribution in [-0.2, 0) is 5.60 Å². The van der Waals surface area contributed by atoms with Crippen molar-refractivity contribution in [1.82, 2.24) is 9.97 Å². The summed E-state index contributed by atoms with van der Waals surface area (Å²) in [6, 6.07) is 11.2. The molecule has 1 unspecified atom stereocenters. The van der Waals surface area contributed by atoms with E-state index in [1.54, 1.807) is 6.20 Å². The molecule has 0 amide bonds. The van der Waals surface area contributed by atoms with E-state index < -0.39 is 5.60 Å². The predicted octanol–water partition coefficient (Wildman–Crippen LogP) is 2.43. The van der Waals surface area contributed by atoms with Gasteiger partial charge in [0.1, 0.15) is 5.60 Å². The van der Waals surface area contributed by atoms with E-state index in [2.05, 4.69) is 9.97 Å². The lowest BCUT2D eigenvalue weighted by Gasteiger charge is -2.25. The topological polar surface area (TPSA) is 46.0 Å². The summed E-state index contributed by atoms with van der Waals surface area (Å²) in [5.41, 5.74) is 1.08. The average molecular weight is 228 g/mol. The minimum Gasteiger partial charge on any atom is -0.377 e. The van der Waals surface area contributed by atoms with E-state index in [1.807, 2.05) is 50.2 Å². The first kappa shape index (κ1) is 11.7. The van der Waals surface area contributed by atoms with Crippen LogP contribution in [0.15, 0.2) is 42.6 Å². The number of aryl methyl sites for hydroxylation is 1. The molecule has 0 saturated heterocycles. The quantitative estimate of drug-likeness (QED) is 0.877. The van der Waals surface area contributed by atoms with Crippen LogP contribution in [0.4, 0.5) is 0 Å². The third-order valence-corrected chi connectivity index (χ3v) is 2.91. The van der Waals surface area contributed by atoms with Crippen LogP contribution in [0.25, 0.3) is 0 Å². The summed E-state index contributed by atoms with van der Waals surface area (Å²) >= 11 is 0. The average Bonchev–Trinajstić information content (AvgIpc) is 2.39. The second-order valence-corrected chi connectivity index (χ2v) is 4.09. The van der Waals surface area contributed by atoms with Gasteiger partial charge in [0.2, 0.25) is 0 Å². The molecule has 0 aliphatic carbocycles. The van der Waals surface area contributed by atoms with Gasteiger partial charge in [0, 0.05) is 11.9 Å². The molecular weight excluding hydrogens is 212 g/mol. The normalized spacial score (nSPS) is 14.3. The Bertz CT molecular complexity index is 499. The van der Waals surface area contributed by atoms with Crippen LogP contribution in [-0.4, -0.2) is 15.1 Å². The van der Waals surface area contributed by atoms with Crippen LogP contribution in [0.5, 0.6) is 0 Å². The second-order valence-electron chi connectivity index (χ2n) is 4.09. The summed E-state index contributed by atoms with van der Waals surface area (Å²) in [6.07, 6.45) is 2.23. The lowest BCUT2D eigenvalue weighted by molar-refractivity contribution is 0.0672. The zero-order valence-corrected chi connectivity index (χ0v) is 10.1. The fourth-order valence-electron chi connectivity index (χ4n) is 1.87. The van der Waals surface area contributed by atoms with E-state index in [0.29, 0.717) is 17.8 Å². The monoisotopic (exact) mass is 228 g/mol. The van der Waals surface area contributed by atoms with Gasteiger partial charge in [-0.05, 0) is 37.6 Å². The van der Waals surface area contributed by atoms with Crippen LogP contribution in [0.3, 0.4) is 0 Å². The molecule has 17 heavy (non-hydrogen) atoms. The number of hydrogen-bond donors (Lipinski definition) is 1. The van der Waals surface area contributed by atoms with Gasteiger partial charge in [0.05, 0.1) is 11.4 Å². The van der Waals surface area contributed by atoms with Gasteiger partial charge in [0.25, 0.3) is 0 Å². The van der Waals surface area contributed by atoms with Crippen molar-refractivity contribution < 1.29 is 5.11 Å². The van der Waals surface area contributed by atoms with Gasteiger partial charge in [-0.25, -0.2) is 0 Å². The Morgan fingerprint density at radius 1 is 1.12 bits per heavy atom. The molecule has 2 aromatic heterocycles. The Hall–Kier alpha value is -1.74. The molecule has 2 heterocycles. The Morgan fingerprint density at radius 2 is 1.88 bits per heavy atom. The van der Waals surface area contributed by atoms with Crippen molar-refractivity contribution in [2.75, 3.05) is 0 Å². The Morgan fingerprint density at radius 3 is 2.47 bits per heavy atom. The highest BCUT2D eigenvalue weighted by Crippen LogP contribution is 2.29. The molecule has 88 valence electrons. The molecular formula is C14H16N2O. The molecule has 0 aliphatic rings. The summed E-state index contributed by atoms with van der Waals surface area (Å²) in [5, 5.41) is 10.8. The lowest BCUT2D eigenvalue weighted by atomic mass is 9.91. The van der Waals surface area contributed by atoms with E-state index in [-0.39, 0.29) is 0 Å². The lowest BCUT2D eigenvalue weighted by Crippen LogP contribution is -2.28. The highest BCUT2D eigenvalue weighted by Gasteiger charge is 2.32. The van der Waals surface area contributed by atoms with Gasteiger partial charge in [-0.3, -0.25) is 9.97 Å². The van der Waals surface area contributed by atoms with Gasteiger partial charge in [-0.15, -0.1) is 0 Å². The minimum atomic E-state index is -1.10. The van der Waals surface area contributed by atoms with E-state index >= 15 is 0 Å². The van der Waals surface area contributed by atoms with Gasteiger partial charge in [-0.1, -0.05) is 19.1 Å². The Kier molecular flexibility index (Phi) is 3.20. The fraction of sp³-hybridized carbons (Fsp3) is 0.286. The second kappa shape index (κ2) is 4.63. The molecule has 1 N–H and O–H groups in total. The van der Waals surface area contributed by atoms with Crippen LogP contribution in [0.2, 0.25) is 0 Å². The smallest absolute Gasteiger partial charge is 0.148 e. The predicted molar refractivity (Wildman–Crippen MR) is 66.5 cm³/mol. The summed E-state index contributed by atoms with van der Waals surface area (Å²) in [7, 11) is 0. The third kappa shape index (κ3) is 2.19. The maximum absolute atomic E-state index is 10.8. The Balaban J connectivity index is 2.52. The van der Waals surface area contributed by atoms with Crippen molar-refractivity contribution in [3.05, 3.63) is 59.7 Å². The van der Waals surface area contributed by atoms with Crippen molar-refractivity contribution >= 4 is 0 Å². The molecule has 1 atom stereocenters. The number of rotatable bonds is 3. The van der Waals surface area contributed by atoms with Crippen LogP contribution < -0.4 is 0 Å². The first-order valence-corrected chi connectivity index (χ1v) is 5.75. The largest absolute Gasteiger partial charge is 0.377 e. The molecule has 2 rings (SSSR count). The van der Waals surface area contributed by atoms with E-state index in [1.165, 1.54) is 0 Å². The van der Waals surface area contributed by atoms with Crippen molar-refractivity contribution in [3.63, 3.8) is 0 Å². The van der Waals surface area contributed by atoms with Gasteiger partial charge in [-0.2, -0.15) is 0 Å². The summed E-state index contributed by atoms with van der Waals surface area (Å²) < 4.78 is 0. The SMILES string of the molecule is CCC(O)(c1ccccn1)c1cccc(C)n1. The number of hydrogen-bond acceptors (Lipinski definition) is 3. The molecule has 2 aromatic rings. The first-order valence-electron chi connectivity index (χ1n) is 5.75. The molecule has 0 spiro atoms. The molecule has 0 saturated carbocycles. The maximum Gasteiger partial charge on any atom is 0.148 e. The molecule has 3 nitrogen and oxygen atoms in total. The fourth-order valence-corrected chi connectivity index (χ4v) is 1.87. The van der Waals surface area contributed by atoms with Crippen LogP contribution in [0, 0.1) is 6.92 Å². The Labute approximate surface area is 101 Å². The number of nitrogens with zero attached hydrogens (tertiary/aromatic N) is 2. The number of aliphatic hydroxyl groups is 1. The molecule has 3 heteroatoms. The molecule has 0 radical (unpaired) electrons. The van der Waals surface area contributed by atoms with Crippen molar-refractivity contribution in [2.45, 2.75) is 25.9 Å². The van der Waals surface area contributed by atoms with E-state index in [4.69, 9.17) is 0 Å². The van der Waals surface area contributed by atoms with Crippen LogP contribution in [0.1, 0.15) is 30.4 Å². The van der Waals surface area contributed by atoms with Crippen molar-refractivity contribution in [1.29, 1.82) is 0 Å². The highest BCUT2D eigenvalue weighted by atomic mass is 16.3. The summed E-state index contributed by atoms with van der Waals surface area (Å²) in [4.78, 5) is 8.64. The molecule has 0 aliphatic heterocycles.